The molecule has 3 rings (SSSR count). The van der Waals surface area contributed by atoms with Crippen LogP contribution in [0.4, 0.5) is 8.78 Å². The third-order valence-corrected chi connectivity index (χ3v) is 6.78. The summed E-state index contributed by atoms with van der Waals surface area (Å²) in [4.78, 5) is 17.2. The van der Waals surface area contributed by atoms with Gasteiger partial charge in [0.25, 0.3) is 0 Å². The molecular weight excluding hydrogens is 438 g/mol. The maximum Gasteiger partial charge on any atom is 0.248 e. The number of nitrogens with zero attached hydrogens (tertiary/aromatic N) is 3. The number of aliphatic imine (C=N–C) groups is 1. The Hall–Kier alpha value is -3.11. The van der Waals surface area contributed by atoms with E-state index in [1.54, 1.807) is 7.05 Å². The zero-order valence-corrected chi connectivity index (χ0v) is 18.6. The van der Waals surface area contributed by atoms with Crippen molar-refractivity contribution in [1.82, 2.24) is 14.5 Å². The first kappa shape index (κ1) is 23.6. The number of sulfonamides is 1. The lowest BCUT2D eigenvalue weighted by Gasteiger charge is -2.17. The van der Waals surface area contributed by atoms with Gasteiger partial charge in [-0.05, 0) is 17.7 Å². The lowest BCUT2D eigenvalue weighted by Crippen LogP contribution is -2.29. The van der Waals surface area contributed by atoms with Gasteiger partial charge in [-0.2, -0.15) is 4.31 Å². The van der Waals surface area contributed by atoms with E-state index in [1.165, 1.54) is 24.1 Å². The highest BCUT2D eigenvalue weighted by Crippen LogP contribution is 2.21. The average Bonchev–Trinajstić information content (AvgIpc) is 3.28. The minimum absolute atomic E-state index is 0.223. The van der Waals surface area contributed by atoms with Crippen LogP contribution in [0.15, 0.2) is 64.5 Å². The van der Waals surface area contributed by atoms with Gasteiger partial charge in [0.2, 0.25) is 15.9 Å². The number of amides is 1. The normalized spacial score (nSPS) is 14.0. The number of carbonyl (C=O) groups is 1. The Balaban J connectivity index is 1.57. The van der Waals surface area contributed by atoms with Gasteiger partial charge in [-0.15, -0.1) is 0 Å². The van der Waals surface area contributed by atoms with E-state index in [1.807, 2.05) is 24.3 Å². The standard InChI is InChI=1S/C22H24F2N4O3S/c1-27(15-16-8-10-17(11-9-16)22-25-12-13-26-22)20(29)7-4-14-28(2)32(30,31)21-18(23)5-3-6-19(21)24/h3-11H,12-15H2,1-2H3,(H,25,26). The van der Waals surface area contributed by atoms with Gasteiger partial charge in [-0.3, -0.25) is 9.79 Å². The molecule has 10 heteroatoms. The first-order valence-electron chi connectivity index (χ1n) is 9.90. The Labute approximate surface area is 186 Å². The Morgan fingerprint density at radius 3 is 2.38 bits per heavy atom. The summed E-state index contributed by atoms with van der Waals surface area (Å²) in [6.07, 6.45) is 2.57. The van der Waals surface area contributed by atoms with Crippen molar-refractivity contribution in [2.75, 3.05) is 33.7 Å². The first-order valence-corrected chi connectivity index (χ1v) is 11.3. The van der Waals surface area contributed by atoms with Crippen molar-refractivity contribution in [3.63, 3.8) is 0 Å². The number of hydrogen-bond donors (Lipinski definition) is 1. The second kappa shape index (κ2) is 10.0. The maximum absolute atomic E-state index is 13.8. The van der Waals surface area contributed by atoms with Crippen molar-refractivity contribution in [3.8, 4) is 0 Å². The van der Waals surface area contributed by atoms with Crippen LogP contribution in [0.25, 0.3) is 0 Å². The van der Waals surface area contributed by atoms with E-state index >= 15 is 0 Å². The number of carbonyl (C=O) groups excluding carboxylic acids is 1. The topological polar surface area (TPSA) is 82.1 Å². The predicted octanol–water partition coefficient (Wildman–Crippen LogP) is 2.15. The summed E-state index contributed by atoms with van der Waals surface area (Å²) in [5, 5.41) is 3.20. The summed E-state index contributed by atoms with van der Waals surface area (Å²) in [6, 6.07) is 10.5. The molecule has 1 aliphatic heterocycles. The molecule has 32 heavy (non-hydrogen) atoms. The van der Waals surface area contributed by atoms with E-state index in [9.17, 15) is 22.0 Å². The van der Waals surface area contributed by atoms with Crippen LogP contribution >= 0.6 is 0 Å². The van der Waals surface area contributed by atoms with Crippen molar-refractivity contribution in [2.45, 2.75) is 11.4 Å². The van der Waals surface area contributed by atoms with Crippen molar-refractivity contribution in [2.24, 2.45) is 4.99 Å². The first-order chi connectivity index (χ1) is 15.2. The molecule has 0 aromatic heterocycles. The van der Waals surface area contributed by atoms with Crippen LogP contribution in [-0.2, 0) is 21.4 Å². The number of likely N-dealkylation sites (N-methyl/N-ethyl adjacent to an activating group) is 2. The number of benzene rings is 2. The smallest absolute Gasteiger partial charge is 0.248 e. The fraction of sp³-hybridized carbons (Fsp3) is 0.273. The van der Waals surface area contributed by atoms with Crippen LogP contribution < -0.4 is 5.32 Å². The number of nitrogens with one attached hydrogen (secondary N) is 1. The van der Waals surface area contributed by atoms with Gasteiger partial charge in [-0.25, -0.2) is 17.2 Å². The fourth-order valence-corrected chi connectivity index (χ4v) is 4.35. The summed E-state index contributed by atoms with van der Waals surface area (Å²) in [5.74, 6) is -1.81. The highest BCUT2D eigenvalue weighted by molar-refractivity contribution is 7.89. The lowest BCUT2D eigenvalue weighted by atomic mass is 10.1. The summed E-state index contributed by atoms with van der Waals surface area (Å²) in [6.45, 7) is 1.72. The molecule has 1 N–H and O–H groups in total. The second-order valence-electron chi connectivity index (χ2n) is 7.29. The van der Waals surface area contributed by atoms with Crippen molar-refractivity contribution in [1.29, 1.82) is 0 Å². The SMILES string of the molecule is CN(Cc1ccc(C2=NCCN2)cc1)C(=O)C=CCN(C)S(=O)(=O)c1c(F)cccc1F. The van der Waals surface area contributed by atoms with Gasteiger partial charge in [0.1, 0.15) is 17.5 Å². The zero-order chi connectivity index (χ0) is 23.3. The molecule has 0 spiro atoms. The van der Waals surface area contributed by atoms with Crippen LogP contribution in [0.2, 0.25) is 0 Å². The van der Waals surface area contributed by atoms with E-state index in [-0.39, 0.29) is 12.5 Å². The van der Waals surface area contributed by atoms with Gasteiger partial charge < -0.3 is 10.2 Å². The molecule has 0 aliphatic carbocycles. The number of halogens is 2. The maximum atomic E-state index is 13.8. The van der Waals surface area contributed by atoms with Gasteiger partial charge in [0.15, 0.2) is 4.90 Å². The summed E-state index contributed by atoms with van der Waals surface area (Å²) < 4.78 is 53.4. The van der Waals surface area contributed by atoms with Crippen molar-refractivity contribution >= 4 is 21.8 Å². The average molecular weight is 463 g/mol. The molecule has 1 amide bonds. The molecule has 2 aromatic rings. The third kappa shape index (κ3) is 5.38. The van der Waals surface area contributed by atoms with Gasteiger partial charge in [-0.1, -0.05) is 36.4 Å². The molecule has 1 heterocycles. The van der Waals surface area contributed by atoms with Gasteiger partial charge in [0, 0.05) is 45.4 Å². The molecule has 0 bridgehead atoms. The Morgan fingerprint density at radius 2 is 1.78 bits per heavy atom. The van der Waals surface area contributed by atoms with Gasteiger partial charge >= 0.3 is 0 Å². The second-order valence-corrected chi connectivity index (χ2v) is 9.27. The quantitative estimate of drug-likeness (QED) is 0.610. The van der Waals surface area contributed by atoms with Crippen LogP contribution in [0.3, 0.4) is 0 Å². The van der Waals surface area contributed by atoms with Crippen molar-refractivity contribution < 1.29 is 22.0 Å². The lowest BCUT2D eigenvalue weighted by molar-refractivity contribution is -0.125. The van der Waals surface area contributed by atoms with Crippen molar-refractivity contribution in [3.05, 3.63) is 77.4 Å². The van der Waals surface area contributed by atoms with Crippen LogP contribution in [0.5, 0.6) is 0 Å². The summed E-state index contributed by atoms with van der Waals surface area (Å²) in [7, 11) is -1.58. The molecule has 7 nitrogen and oxygen atoms in total. The molecule has 170 valence electrons. The third-order valence-electron chi connectivity index (χ3n) is 4.91. The molecule has 0 atom stereocenters. The molecular formula is C22H24F2N4O3S. The van der Waals surface area contributed by atoms with Gasteiger partial charge in [0.05, 0.1) is 6.54 Å². The highest BCUT2D eigenvalue weighted by Gasteiger charge is 2.27. The fourth-order valence-electron chi connectivity index (χ4n) is 3.12. The molecule has 0 fully saturated rings. The van der Waals surface area contributed by atoms with E-state index in [0.29, 0.717) is 6.54 Å². The predicted molar refractivity (Wildman–Crippen MR) is 118 cm³/mol. The van der Waals surface area contributed by atoms with E-state index < -0.39 is 26.6 Å². The molecule has 0 saturated heterocycles. The zero-order valence-electron chi connectivity index (χ0n) is 17.8. The van der Waals surface area contributed by atoms with Crippen LogP contribution in [-0.4, -0.2) is 63.1 Å². The Morgan fingerprint density at radius 1 is 1.12 bits per heavy atom. The molecule has 2 aromatic carbocycles. The Kier molecular flexibility index (Phi) is 7.37. The number of hydrogen-bond acceptors (Lipinski definition) is 5. The number of rotatable bonds is 8. The summed E-state index contributed by atoms with van der Waals surface area (Å²) in [5.41, 5.74) is 1.90. The largest absolute Gasteiger partial charge is 0.368 e. The molecule has 0 saturated carbocycles. The van der Waals surface area contributed by atoms with Crippen LogP contribution in [0.1, 0.15) is 11.1 Å². The number of amidine groups is 1. The minimum atomic E-state index is -4.39. The monoisotopic (exact) mass is 462 g/mol. The molecule has 1 aliphatic rings. The highest BCUT2D eigenvalue weighted by atomic mass is 32.2. The van der Waals surface area contributed by atoms with E-state index in [2.05, 4.69) is 10.3 Å². The van der Waals surface area contributed by atoms with Crippen LogP contribution in [0, 0.1) is 11.6 Å². The minimum Gasteiger partial charge on any atom is -0.368 e. The Bertz CT molecular complexity index is 1130. The molecule has 0 radical (unpaired) electrons. The van der Waals surface area contributed by atoms with E-state index in [0.717, 1.165) is 52.6 Å². The molecule has 0 unspecified atom stereocenters. The summed E-state index contributed by atoms with van der Waals surface area (Å²) >= 11 is 0. The van der Waals surface area contributed by atoms with E-state index in [4.69, 9.17) is 0 Å².